The second kappa shape index (κ2) is 7.93. The molecule has 0 heterocycles. The molecule has 0 aromatic heterocycles. The number of rotatable bonds is 6. The SMILES string of the molecule is Cc1ccc([C@@H]([NH2+][C@@H](C)C(=O)NC(C)C)c2ccccc2)cc1. The van der Waals surface area contributed by atoms with Crippen molar-refractivity contribution >= 4 is 5.91 Å². The molecule has 0 bridgehead atoms. The zero-order valence-corrected chi connectivity index (χ0v) is 14.4. The second-order valence-corrected chi connectivity index (χ2v) is 6.44. The van der Waals surface area contributed by atoms with Gasteiger partial charge < -0.3 is 10.6 Å². The summed E-state index contributed by atoms with van der Waals surface area (Å²) in [5.41, 5.74) is 3.66. The maximum Gasteiger partial charge on any atom is 0.278 e. The van der Waals surface area contributed by atoms with Crippen molar-refractivity contribution in [3.8, 4) is 0 Å². The number of carbonyl (C=O) groups excluding carboxylic acids is 1. The second-order valence-electron chi connectivity index (χ2n) is 6.44. The number of hydrogen-bond donors (Lipinski definition) is 2. The summed E-state index contributed by atoms with van der Waals surface area (Å²) in [6, 6.07) is 19.0. The van der Waals surface area contributed by atoms with E-state index in [1.54, 1.807) is 0 Å². The van der Waals surface area contributed by atoms with E-state index in [1.165, 1.54) is 16.7 Å². The molecule has 2 rings (SSSR count). The van der Waals surface area contributed by atoms with Crippen molar-refractivity contribution in [2.45, 2.75) is 45.8 Å². The average molecular weight is 311 g/mol. The lowest BCUT2D eigenvalue weighted by Crippen LogP contribution is -2.92. The van der Waals surface area contributed by atoms with Gasteiger partial charge >= 0.3 is 0 Å². The summed E-state index contributed by atoms with van der Waals surface area (Å²) in [6.45, 7) is 8.02. The third kappa shape index (κ3) is 4.93. The Kier molecular flexibility index (Phi) is 5.94. The van der Waals surface area contributed by atoms with Gasteiger partial charge in [0.1, 0.15) is 6.04 Å². The molecular weight excluding hydrogens is 284 g/mol. The number of nitrogens with one attached hydrogen (secondary N) is 1. The van der Waals surface area contributed by atoms with Crippen LogP contribution in [0.4, 0.5) is 0 Å². The fourth-order valence-electron chi connectivity index (χ4n) is 2.64. The predicted octanol–water partition coefficient (Wildman–Crippen LogP) is 2.56. The molecule has 3 N–H and O–H groups in total. The molecule has 3 heteroatoms. The number of amides is 1. The van der Waals surface area contributed by atoms with Crippen LogP contribution in [0.25, 0.3) is 0 Å². The van der Waals surface area contributed by atoms with E-state index in [1.807, 2.05) is 39.0 Å². The van der Waals surface area contributed by atoms with E-state index in [9.17, 15) is 4.79 Å². The van der Waals surface area contributed by atoms with Gasteiger partial charge in [0.05, 0.1) is 0 Å². The Morgan fingerprint density at radius 2 is 1.48 bits per heavy atom. The molecule has 2 atom stereocenters. The summed E-state index contributed by atoms with van der Waals surface area (Å²) in [4.78, 5) is 12.3. The molecule has 0 fully saturated rings. The van der Waals surface area contributed by atoms with Crippen LogP contribution in [-0.2, 0) is 4.79 Å². The molecule has 0 aliphatic rings. The number of hydrogen-bond acceptors (Lipinski definition) is 1. The zero-order valence-electron chi connectivity index (χ0n) is 14.4. The van der Waals surface area contributed by atoms with Gasteiger partial charge in [0.2, 0.25) is 0 Å². The summed E-state index contributed by atoms with van der Waals surface area (Å²) in [5.74, 6) is 0.0769. The minimum Gasteiger partial charge on any atom is -0.349 e. The summed E-state index contributed by atoms with van der Waals surface area (Å²) < 4.78 is 0. The van der Waals surface area contributed by atoms with Gasteiger partial charge in [0.25, 0.3) is 5.91 Å². The molecule has 0 aliphatic heterocycles. The van der Waals surface area contributed by atoms with Gasteiger partial charge in [0, 0.05) is 17.2 Å². The monoisotopic (exact) mass is 311 g/mol. The van der Waals surface area contributed by atoms with Crippen LogP contribution in [0.2, 0.25) is 0 Å². The van der Waals surface area contributed by atoms with Crippen molar-refractivity contribution in [3.05, 3.63) is 71.3 Å². The molecule has 0 saturated heterocycles. The van der Waals surface area contributed by atoms with Crippen LogP contribution in [0.5, 0.6) is 0 Å². The van der Waals surface area contributed by atoms with E-state index < -0.39 is 0 Å². The van der Waals surface area contributed by atoms with Gasteiger partial charge in [0.15, 0.2) is 6.04 Å². The van der Waals surface area contributed by atoms with E-state index in [-0.39, 0.29) is 24.0 Å². The Morgan fingerprint density at radius 3 is 2.04 bits per heavy atom. The highest BCUT2D eigenvalue weighted by Crippen LogP contribution is 2.18. The number of nitrogens with two attached hydrogens (primary N) is 1. The van der Waals surface area contributed by atoms with E-state index >= 15 is 0 Å². The number of aryl methyl sites for hydroxylation is 1. The third-order valence-electron chi connectivity index (χ3n) is 3.92. The van der Waals surface area contributed by atoms with Crippen LogP contribution in [-0.4, -0.2) is 18.0 Å². The molecule has 0 spiro atoms. The first kappa shape index (κ1) is 17.2. The zero-order chi connectivity index (χ0) is 16.8. The topological polar surface area (TPSA) is 45.7 Å². The van der Waals surface area contributed by atoms with Crippen LogP contribution in [0.3, 0.4) is 0 Å². The van der Waals surface area contributed by atoms with Crippen molar-refractivity contribution in [1.29, 1.82) is 0 Å². The summed E-state index contributed by atoms with van der Waals surface area (Å²) >= 11 is 0. The molecule has 0 radical (unpaired) electrons. The largest absolute Gasteiger partial charge is 0.349 e. The lowest BCUT2D eigenvalue weighted by molar-refractivity contribution is -0.704. The standard InChI is InChI=1S/C20H26N2O/c1-14(2)21-20(23)16(4)22-19(17-8-6-5-7-9-17)18-12-10-15(3)11-13-18/h5-14,16,19,22H,1-4H3,(H,21,23)/p+1/t16-,19-/m0/s1. The first-order valence-corrected chi connectivity index (χ1v) is 8.24. The number of quaternary nitrogens is 1. The molecule has 2 aromatic rings. The average Bonchev–Trinajstić information content (AvgIpc) is 2.53. The van der Waals surface area contributed by atoms with Gasteiger partial charge in [-0.1, -0.05) is 60.2 Å². The Labute approximate surface area is 139 Å². The molecule has 1 amide bonds. The normalized spacial score (nSPS) is 13.6. The molecular formula is C20H27N2O+. The van der Waals surface area contributed by atoms with Gasteiger partial charge in [-0.2, -0.15) is 0 Å². The Hall–Kier alpha value is -2.13. The molecule has 3 nitrogen and oxygen atoms in total. The minimum absolute atomic E-state index is 0.0769. The molecule has 0 aliphatic carbocycles. The molecule has 2 aromatic carbocycles. The Morgan fingerprint density at radius 1 is 0.913 bits per heavy atom. The highest BCUT2D eigenvalue weighted by atomic mass is 16.2. The van der Waals surface area contributed by atoms with Crippen molar-refractivity contribution in [2.24, 2.45) is 0 Å². The number of benzene rings is 2. The number of carbonyl (C=O) groups is 1. The van der Waals surface area contributed by atoms with Crippen molar-refractivity contribution in [2.75, 3.05) is 0 Å². The van der Waals surface area contributed by atoms with Crippen LogP contribution in [0.1, 0.15) is 43.5 Å². The van der Waals surface area contributed by atoms with E-state index in [2.05, 4.69) is 54.0 Å². The van der Waals surface area contributed by atoms with Crippen LogP contribution in [0.15, 0.2) is 54.6 Å². The van der Waals surface area contributed by atoms with Gasteiger partial charge in [-0.3, -0.25) is 4.79 Å². The maximum atomic E-state index is 12.3. The van der Waals surface area contributed by atoms with Crippen molar-refractivity contribution in [1.82, 2.24) is 5.32 Å². The van der Waals surface area contributed by atoms with Crippen LogP contribution in [0, 0.1) is 6.92 Å². The summed E-state index contributed by atoms with van der Waals surface area (Å²) in [7, 11) is 0. The lowest BCUT2D eigenvalue weighted by atomic mass is 9.97. The van der Waals surface area contributed by atoms with Crippen LogP contribution < -0.4 is 10.6 Å². The fourth-order valence-corrected chi connectivity index (χ4v) is 2.64. The maximum absolute atomic E-state index is 12.3. The minimum atomic E-state index is -0.149. The third-order valence-corrected chi connectivity index (χ3v) is 3.92. The van der Waals surface area contributed by atoms with E-state index in [0.29, 0.717) is 0 Å². The van der Waals surface area contributed by atoms with Crippen LogP contribution >= 0.6 is 0 Å². The predicted molar refractivity (Wildman–Crippen MR) is 94.1 cm³/mol. The first-order chi connectivity index (χ1) is 11.0. The Bertz CT molecular complexity index is 620. The fraction of sp³-hybridized carbons (Fsp3) is 0.350. The van der Waals surface area contributed by atoms with Gasteiger partial charge in [-0.05, 0) is 27.7 Å². The smallest absolute Gasteiger partial charge is 0.278 e. The lowest BCUT2D eigenvalue weighted by Gasteiger charge is -2.21. The quantitative estimate of drug-likeness (QED) is 0.846. The van der Waals surface area contributed by atoms with Gasteiger partial charge in [-0.15, -0.1) is 0 Å². The molecule has 0 saturated carbocycles. The van der Waals surface area contributed by atoms with Crippen molar-refractivity contribution in [3.63, 3.8) is 0 Å². The summed E-state index contributed by atoms with van der Waals surface area (Å²) in [6.07, 6.45) is 0. The Balaban J connectivity index is 2.24. The summed E-state index contributed by atoms with van der Waals surface area (Å²) in [5, 5.41) is 5.13. The molecule has 0 unspecified atom stereocenters. The highest BCUT2D eigenvalue weighted by molar-refractivity contribution is 5.80. The molecule has 23 heavy (non-hydrogen) atoms. The molecule has 122 valence electrons. The highest BCUT2D eigenvalue weighted by Gasteiger charge is 2.24. The first-order valence-electron chi connectivity index (χ1n) is 8.24. The van der Waals surface area contributed by atoms with Gasteiger partial charge in [-0.25, -0.2) is 0 Å². The van der Waals surface area contributed by atoms with E-state index in [0.717, 1.165) is 0 Å². The van der Waals surface area contributed by atoms with Crippen molar-refractivity contribution < 1.29 is 10.1 Å². The van der Waals surface area contributed by atoms with E-state index in [4.69, 9.17) is 0 Å².